The maximum Gasteiger partial charge on any atom is 0.338 e. The normalized spacial score (nSPS) is 9.73. The molecule has 3 nitrogen and oxygen atoms in total. The van der Waals surface area contributed by atoms with Crippen molar-refractivity contribution in [3.63, 3.8) is 0 Å². The molecule has 0 unspecified atom stereocenters. The van der Waals surface area contributed by atoms with E-state index >= 15 is 0 Å². The number of esters is 1. The second-order valence-electron chi connectivity index (χ2n) is 3.06. The van der Waals surface area contributed by atoms with Gasteiger partial charge in [-0.1, -0.05) is 30.8 Å². The molecule has 0 amide bonds. The standard InChI is InChI=1S/C12H15NO2/c1-3-15-12(14)9(2)11-7-5-4-6-10(11)8-13/h4-7H,2-3,8,13H2,1H3. The minimum absolute atomic E-state index is 0.350. The van der Waals surface area contributed by atoms with Gasteiger partial charge < -0.3 is 10.5 Å². The monoisotopic (exact) mass is 205 g/mol. The topological polar surface area (TPSA) is 52.3 Å². The van der Waals surface area contributed by atoms with Crippen molar-refractivity contribution in [2.24, 2.45) is 5.73 Å². The lowest BCUT2D eigenvalue weighted by atomic mass is 10.0. The Balaban J connectivity index is 2.95. The molecule has 0 atom stereocenters. The Morgan fingerprint density at radius 3 is 2.73 bits per heavy atom. The lowest BCUT2D eigenvalue weighted by molar-refractivity contribution is -0.136. The molecule has 0 saturated carbocycles. The van der Waals surface area contributed by atoms with Gasteiger partial charge in [0.15, 0.2) is 0 Å². The molecule has 0 aliphatic heterocycles. The Morgan fingerprint density at radius 2 is 2.13 bits per heavy atom. The SMILES string of the molecule is C=C(C(=O)OCC)c1ccccc1CN. The van der Waals surface area contributed by atoms with E-state index in [-0.39, 0.29) is 0 Å². The highest BCUT2D eigenvalue weighted by molar-refractivity contribution is 6.16. The summed E-state index contributed by atoms with van der Waals surface area (Å²) in [5.74, 6) is -0.390. The second-order valence-corrected chi connectivity index (χ2v) is 3.06. The molecule has 1 aromatic rings. The third-order valence-electron chi connectivity index (χ3n) is 2.08. The molecule has 0 fully saturated rings. The molecular weight excluding hydrogens is 190 g/mol. The fraction of sp³-hybridized carbons (Fsp3) is 0.250. The molecule has 15 heavy (non-hydrogen) atoms. The number of hydrogen-bond donors (Lipinski definition) is 1. The van der Waals surface area contributed by atoms with Crippen molar-refractivity contribution in [3.8, 4) is 0 Å². The third kappa shape index (κ3) is 2.67. The van der Waals surface area contributed by atoms with Gasteiger partial charge in [0, 0.05) is 6.54 Å². The van der Waals surface area contributed by atoms with Gasteiger partial charge in [-0.15, -0.1) is 0 Å². The maximum absolute atomic E-state index is 11.4. The first kappa shape index (κ1) is 11.5. The van der Waals surface area contributed by atoms with Gasteiger partial charge >= 0.3 is 5.97 Å². The van der Waals surface area contributed by atoms with E-state index in [0.29, 0.717) is 18.7 Å². The van der Waals surface area contributed by atoms with E-state index in [1.165, 1.54) is 0 Å². The first-order valence-electron chi connectivity index (χ1n) is 4.85. The van der Waals surface area contributed by atoms with Gasteiger partial charge in [0.1, 0.15) is 0 Å². The zero-order valence-corrected chi connectivity index (χ0v) is 8.82. The molecule has 0 radical (unpaired) electrons. The largest absolute Gasteiger partial charge is 0.462 e. The summed E-state index contributed by atoms with van der Waals surface area (Å²) in [6.45, 7) is 6.22. The smallest absolute Gasteiger partial charge is 0.338 e. The van der Waals surface area contributed by atoms with Crippen LogP contribution < -0.4 is 5.73 Å². The molecule has 0 heterocycles. The van der Waals surface area contributed by atoms with Crippen LogP contribution >= 0.6 is 0 Å². The molecule has 1 aromatic carbocycles. The molecule has 0 bridgehead atoms. The average molecular weight is 205 g/mol. The summed E-state index contributed by atoms with van der Waals surface area (Å²) in [6, 6.07) is 7.42. The van der Waals surface area contributed by atoms with Crippen molar-refractivity contribution in [2.75, 3.05) is 6.61 Å². The molecular formula is C12H15NO2. The number of nitrogens with two attached hydrogens (primary N) is 1. The number of hydrogen-bond acceptors (Lipinski definition) is 3. The minimum atomic E-state index is -0.390. The van der Waals surface area contributed by atoms with Crippen molar-refractivity contribution in [3.05, 3.63) is 42.0 Å². The number of carbonyl (C=O) groups is 1. The molecule has 1 rings (SSSR count). The lowest BCUT2D eigenvalue weighted by Crippen LogP contribution is -2.09. The summed E-state index contributed by atoms with van der Waals surface area (Å²) >= 11 is 0. The van der Waals surface area contributed by atoms with Gasteiger partial charge in [-0.3, -0.25) is 0 Å². The number of rotatable bonds is 4. The zero-order chi connectivity index (χ0) is 11.3. The lowest BCUT2D eigenvalue weighted by Gasteiger charge is -2.09. The van der Waals surface area contributed by atoms with Crippen molar-refractivity contribution in [2.45, 2.75) is 13.5 Å². The van der Waals surface area contributed by atoms with Crippen molar-refractivity contribution >= 4 is 11.5 Å². The summed E-state index contributed by atoms with van der Waals surface area (Å²) in [5.41, 5.74) is 7.59. The quantitative estimate of drug-likeness (QED) is 0.601. The van der Waals surface area contributed by atoms with Crippen LogP contribution in [0, 0.1) is 0 Å². The molecule has 0 aliphatic rings. The van der Waals surface area contributed by atoms with E-state index < -0.39 is 5.97 Å². The van der Waals surface area contributed by atoms with Crippen molar-refractivity contribution in [1.29, 1.82) is 0 Å². The predicted octanol–water partition coefficient (Wildman–Crippen LogP) is 1.72. The molecule has 0 aromatic heterocycles. The van der Waals surface area contributed by atoms with Crippen LogP contribution in [-0.2, 0) is 16.1 Å². The van der Waals surface area contributed by atoms with Crippen LogP contribution in [0.25, 0.3) is 5.57 Å². The minimum Gasteiger partial charge on any atom is -0.462 e. The first-order valence-corrected chi connectivity index (χ1v) is 4.85. The van der Waals surface area contributed by atoms with Gasteiger partial charge in [-0.25, -0.2) is 4.79 Å². The van der Waals surface area contributed by atoms with E-state index in [0.717, 1.165) is 11.1 Å². The van der Waals surface area contributed by atoms with E-state index in [1.807, 2.05) is 24.3 Å². The fourth-order valence-electron chi connectivity index (χ4n) is 1.32. The summed E-state index contributed by atoms with van der Waals surface area (Å²) < 4.78 is 4.88. The Labute approximate surface area is 89.5 Å². The van der Waals surface area contributed by atoms with Gasteiger partial charge in [-0.05, 0) is 18.1 Å². The fourth-order valence-corrected chi connectivity index (χ4v) is 1.32. The van der Waals surface area contributed by atoms with Crippen LogP contribution in [0.2, 0.25) is 0 Å². The second kappa shape index (κ2) is 5.32. The molecule has 2 N–H and O–H groups in total. The van der Waals surface area contributed by atoms with Crippen molar-refractivity contribution < 1.29 is 9.53 Å². The summed E-state index contributed by atoms with van der Waals surface area (Å²) in [4.78, 5) is 11.4. The summed E-state index contributed by atoms with van der Waals surface area (Å²) in [7, 11) is 0. The number of ether oxygens (including phenoxy) is 1. The Morgan fingerprint density at radius 1 is 1.47 bits per heavy atom. The highest BCUT2D eigenvalue weighted by Gasteiger charge is 2.12. The van der Waals surface area contributed by atoms with Crippen LogP contribution in [0.15, 0.2) is 30.8 Å². The maximum atomic E-state index is 11.4. The molecule has 0 aliphatic carbocycles. The van der Waals surface area contributed by atoms with Crippen LogP contribution in [0.5, 0.6) is 0 Å². The van der Waals surface area contributed by atoms with Gasteiger partial charge in [0.25, 0.3) is 0 Å². The molecule has 3 heteroatoms. The predicted molar refractivity (Wildman–Crippen MR) is 60.0 cm³/mol. The van der Waals surface area contributed by atoms with E-state index in [9.17, 15) is 4.79 Å². The molecule has 0 saturated heterocycles. The van der Waals surface area contributed by atoms with E-state index in [2.05, 4.69) is 6.58 Å². The first-order chi connectivity index (χ1) is 7.20. The zero-order valence-electron chi connectivity index (χ0n) is 8.82. The highest BCUT2D eigenvalue weighted by atomic mass is 16.5. The Bertz CT molecular complexity index is 372. The van der Waals surface area contributed by atoms with Crippen molar-refractivity contribution in [1.82, 2.24) is 0 Å². The summed E-state index contributed by atoms with van der Waals surface area (Å²) in [6.07, 6.45) is 0. The molecule has 0 spiro atoms. The highest BCUT2D eigenvalue weighted by Crippen LogP contribution is 2.18. The molecule has 80 valence electrons. The van der Waals surface area contributed by atoms with E-state index in [4.69, 9.17) is 10.5 Å². The summed E-state index contributed by atoms with van der Waals surface area (Å²) in [5, 5.41) is 0. The Kier molecular flexibility index (Phi) is 4.06. The van der Waals surface area contributed by atoms with Crippen LogP contribution in [0.3, 0.4) is 0 Å². The number of benzene rings is 1. The third-order valence-corrected chi connectivity index (χ3v) is 2.08. The van der Waals surface area contributed by atoms with Gasteiger partial charge in [-0.2, -0.15) is 0 Å². The van der Waals surface area contributed by atoms with E-state index in [1.54, 1.807) is 6.92 Å². The van der Waals surface area contributed by atoms with Crippen LogP contribution in [0.1, 0.15) is 18.1 Å². The number of carbonyl (C=O) groups excluding carboxylic acids is 1. The van der Waals surface area contributed by atoms with Gasteiger partial charge in [0.2, 0.25) is 0 Å². The average Bonchev–Trinajstić information content (AvgIpc) is 2.28. The van der Waals surface area contributed by atoms with Gasteiger partial charge in [0.05, 0.1) is 12.2 Å². The Hall–Kier alpha value is -1.61. The van der Waals surface area contributed by atoms with Crippen LogP contribution in [-0.4, -0.2) is 12.6 Å². The van der Waals surface area contributed by atoms with Crippen LogP contribution in [0.4, 0.5) is 0 Å².